The standard InChI is InChI=1S/C13H12F3NO/c1-9-8-11(4-3-7-17-10(2)18)5-6-12(9)13(14,15)16/h5-6,8H,7H2,1-2H3,(H,17,18). The molecule has 0 heterocycles. The third kappa shape index (κ3) is 4.13. The van der Waals surface area contributed by atoms with Crippen LogP contribution in [0.2, 0.25) is 0 Å². The molecule has 1 aromatic carbocycles. The minimum atomic E-state index is -4.34. The van der Waals surface area contributed by atoms with E-state index in [4.69, 9.17) is 0 Å². The predicted molar refractivity (Wildman–Crippen MR) is 61.7 cm³/mol. The van der Waals surface area contributed by atoms with Crippen LogP contribution in [0.3, 0.4) is 0 Å². The van der Waals surface area contributed by atoms with Crippen LogP contribution >= 0.6 is 0 Å². The Hall–Kier alpha value is -1.96. The molecule has 0 unspecified atom stereocenters. The first-order valence-electron chi connectivity index (χ1n) is 5.22. The van der Waals surface area contributed by atoms with Gasteiger partial charge in [-0.05, 0) is 30.7 Å². The molecular formula is C13H12F3NO. The van der Waals surface area contributed by atoms with Gasteiger partial charge in [-0.25, -0.2) is 0 Å². The number of halogens is 3. The van der Waals surface area contributed by atoms with E-state index >= 15 is 0 Å². The van der Waals surface area contributed by atoms with Crippen LogP contribution in [-0.2, 0) is 11.0 Å². The van der Waals surface area contributed by atoms with Crippen LogP contribution < -0.4 is 5.32 Å². The molecule has 0 atom stereocenters. The van der Waals surface area contributed by atoms with Crippen molar-refractivity contribution in [3.05, 3.63) is 34.9 Å². The Balaban J connectivity index is 2.82. The maximum atomic E-state index is 12.5. The molecule has 0 radical (unpaired) electrons. The molecule has 1 rings (SSSR count). The molecule has 0 fully saturated rings. The number of rotatable bonds is 1. The molecule has 18 heavy (non-hydrogen) atoms. The Bertz CT molecular complexity index is 509. The molecular weight excluding hydrogens is 243 g/mol. The Morgan fingerprint density at radius 2 is 2.06 bits per heavy atom. The number of alkyl halides is 3. The van der Waals surface area contributed by atoms with Gasteiger partial charge < -0.3 is 5.32 Å². The Morgan fingerprint density at radius 3 is 2.56 bits per heavy atom. The molecule has 5 heteroatoms. The van der Waals surface area contributed by atoms with Crippen LogP contribution in [0.4, 0.5) is 13.2 Å². The number of aryl methyl sites for hydroxylation is 1. The second-order valence-electron chi connectivity index (χ2n) is 3.74. The van der Waals surface area contributed by atoms with Crippen LogP contribution in [-0.4, -0.2) is 12.5 Å². The topological polar surface area (TPSA) is 29.1 Å². The summed E-state index contributed by atoms with van der Waals surface area (Å²) in [5.41, 5.74) is -0.0328. The molecule has 96 valence electrons. The average molecular weight is 255 g/mol. The first-order chi connectivity index (χ1) is 8.30. The molecule has 0 saturated carbocycles. The second-order valence-corrected chi connectivity index (χ2v) is 3.74. The van der Waals surface area contributed by atoms with E-state index in [0.717, 1.165) is 6.07 Å². The summed E-state index contributed by atoms with van der Waals surface area (Å²) in [5.74, 6) is 5.14. The molecule has 0 aliphatic heterocycles. The zero-order chi connectivity index (χ0) is 13.8. The Kier molecular flexibility index (Phi) is 4.38. The van der Waals surface area contributed by atoms with Crippen molar-refractivity contribution < 1.29 is 18.0 Å². The summed E-state index contributed by atoms with van der Waals surface area (Å²) in [4.78, 5) is 10.6. The van der Waals surface area contributed by atoms with Crippen molar-refractivity contribution in [1.29, 1.82) is 0 Å². The fourth-order valence-corrected chi connectivity index (χ4v) is 1.37. The molecule has 0 aliphatic carbocycles. The largest absolute Gasteiger partial charge is 0.416 e. The summed E-state index contributed by atoms with van der Waals surface area (Å²) in [7, 11) is 0. The monoisotopic (exact) mass is 255 g/mol. The number of hydrogen-bond acceptors (Lipinski definition) is 1. The summed E-state index contributed by atoms with van der Waals surface area (Å²) < 4.78 is 37.5. The number of amides is 1. The molecule has 0 aliphatic rings. The number of hydrogen-bond donors (Lipinski definition) is 1. The van der Waals surface area contributed by atoms with Crippen LogP contribution in [0.5, 0.6) is 0 Å². The van der Waals surface area contributed by atoms with Crippen molar-refractivity contribution in [2.75, 3.05) is 6.54 Å². The van der Waals surface area contributed by atoms with Gasteiger partial charge in [0.15, 0.2) is 0 Å². The van der Waals surface area contributed by atoms with Crippen molar-refractivity contribution in [2.45, 2.75) is 20.0 Å². The highest BCUT2D eigenvalue weighted by molar-refractivity contribution is 5.73. The summed E-state index contributed by atoms with van der Waals surface area (Å²) in [6, 6.07) is 3.71. The van der Waals surface area contributed by atoms with E-state index in [1.165, 1.54) is 26.0 Å². The predicted octanol–water partition coefficient (Wildman–Crippen LogP) is 2.50. The molecule has 2 nitrogen and oxygen atoms in total. The zero-order valence-corrected chi connectivity index (χ0v) is 9.98. The van der Waals surface area contributed by atoms with Gasteiger partial charge in [-0.1, -0.05) is 11.8 Å². The van der Waals surface area contributed by atoms with Crippen LogP contribution in [0.15, 0.2) is 18.2 Å². The lowest BCUT2D eigenvalue weighted by molar-refractivity contribution is -0.138. The van der Waals surface area contributed by atoms with E-state index in [1.54, 1.807) is 0 Å². The summed E-state index contributed by atoms with van der Waals surface area (Å²) in [6.45, 7) is 2.93. The van der Waals surface area contributed by atoms with Crippen molar-refractivity contribution in [2.24, 2.45) is 0 Å². The lowest BCUT2D eigenvalue weighted by Crippen LogP contribution is -2.19. The number of benzene rings is 1. The van der Waals surface area contributed by atoms with E-state index in [9.17, 15) is 18.0 Å². The second kappa shape index (κ2) is 5.58. The van der Waals surface area contributed by atoms with E-state index in [2.05, 4.69) is 17.2 Å². The fraction of sp³-hybridized carbons (Fsp3) is 0.308. The van der Waals surface area contributed by atoms with Crippen LogP contribution in [0, 0.1) is 18.8 Å². The van der Waals surface area contributed by atoms with Crippen molar-refractivity contribution >= 4 is 5.91 Å². The summed E-state index contributed by atoms with van der Waals surface area (Å²) in [6.07, 6.45) is -4.34. The molecule has 1 aromatic rings. The van der Waals surface area contributed by atoms with Gasteiger partial charge in [0.1, 0.15) is 0 Å². The van der Waals surface area contributed by atoms with Crippen LogP contribution in [0.1, 0.15) is 23.6 Å². The zero-order valence-electron chi connectivity index (χ0n) is 9.98. The third-order valence-corrected chi connectivity index (χ3v) is 2.19. The molecule has 0 spiro atoms. The van der Waals surface area contributed by atoms with E-state index in [0.29, 0.717) is 5.56 Å². The van der Waals surface area contributed by atoms with Gasteiger partial charge in [-0.15, -0.1) is 0 Å². The third-order valence-electron chi connectivity index (χ3n) is 2.19. The lowest BCUT2D eigenvalue weighted by Gasteiger charge is -2.09. The lowest BCUT2D eigenvalue weighted by atomic mass is 10.1. The summed E-state index contributed by atoms with van der Waals surface area (Å²) >= 11 is 0. The van der Waals surface area contributed by atoms with E-state index < -0.39 is 11.7 Å². The molecule has 0 aromatic heterocycles. The van der Waals surface area contributed by atoms with E-state index in [1.807, 2.05) is 0 Å². The van der Waals surface area contributed by atoms with Gasteiger partial charge in [0.05, 0.1) is 12.1 Å². The van der Waals surface area contributed by atoms with Crippen molar-refractivity contribution in [3.8, 4) is 11.8 Å². The highest BCUT2D eigenvalue weighted by atomic mass is 19.4. The molecule has 1 amide bonds. The van der Waals surface area contributed by atoms with Gasteiger partial charge in [0, 0.05) is 12.5 Å². The smallest absolute Gasteiger partial charge is 0.345 e. The maximum Gasteiger partial charge on any atom is 0.416 e. The van der Waals surface area contributed by atoms with E-state index in [-0.39, 0.29) is 18.0 Å². The first kappa shape index (κ1) is 14.1. The quantitative estimate of drug-likeness (QED) is 0.767. The first-order valence-corrected chi connectivity index (χ1v) is 5.22. The van der Waals surface area contributed by atoms with Gasteiger partial charge in [0.2, 0.25) is 5.91 Å². The minimum Gasteiger partial charge on any atom is -0.345 e. The van der Waals surface area contributed by atoms with Crippen LogP contribution in [0.25, 0.3) is 0 Å². The Labute approximate surface area is 103 Å². The Morgan fingerprint density at radius 1 is 1.39 bits per heavy atom. The number of nitrogens with one attached hydrogen (secondary N) is 1. The maximum absolute atomic E-state index is 12.5. The van der Waals surface area contributed by atoms with Gasteiger partial charge in [-0.2, -0.15) is 13.2 Å². The SMILES string of the molecule is CC(=O)NCC#Cc1ccc(C(F)(F)F)c(C)c1. The highest BCUT2D eigenvalue weighted by Gasteiger charge is 2.31. The highest BCUT2D eigenvalue weighted by Crippen LogP contribution is 2.31. The average Bonchev–Trinajstić information content (AvgIpc) is 2.22. The fourth-order valence-electron chi connectivity index (χ4n) is 1.37. The molecule has 1 N–H and O–H groups in total. The molecule has 0 saturated heterocycles. The van der Waals surface area contributed by atoms with Gasteiger partial charge in [0.25, 0.3) is 0 Å². The number of carbonyl (C=O) groups is 1. The summed E-state index contributed by atoms with van der Waals surface area (Å²) in [5, 5.41) is 2.47. The normalized spacial score (nSPS) is 10.5. The van der Waals surface area contributed by atoms with Crippen molar-refractivity contribution in [1.82, 2.24) is 5.32 Å². The van der Waals surface area contributed by atoms with Gasteiger partial charge in [-0.3, -0.25) is 4.79 Å². The number of carbonyl (C=O) groups excluding carboxylic acids is 1. The van der Waals surface area contributed by atoms with Gasteiger partial charge >= 0.3 is 6.18 Å². The minimum absolute atomic E-state index is 0.133. The van der Waals surface area contributed by atoms with Crippen molar-refractivity contribution in [3.63, 3.8) is 0 Å². The molecule has 0 bridgehead atoms.